The zero-order chi connectivity index (χ0) is 13.1. The maximum Gasteiger partial charge on any atom is 0.147 e. The van der Waals surface area contributed by atoms with Gasteiger partial charge in [0.25, 0.3) is 0 Å². The SMILES string of the molecule is Cc1ccccc1NCCN1CCn2cnnc2C1. The molecule has 3 rings (SSSR count). The average molecular weight is 257 g/mol. The molecule has 1 aliphatic rings. The Balaban J connectivity index is 1.50. The lowest BCUT2D eigenvalue weighted by molar-refractivity contribution is 0.225. The van der Waals surface area contributed by atoms with E-state index in [1.807, 2.05) is 6.33 Å². The first-order valence-electron chi connectivity index (χ1n) is 6.71. The summed E-state index contributed by atoms with van der Waals surface area (Å²) in [4.78, 5) is 2.41. The van der Waals surface area contributed by atoms with Crippen LogP contribution in [0.15, 0.2) is 30.6 Å². The van der Waals surface area contributed by atoms with Gasteiger partial charge in [0, 0.05) is 31.9 Å². The van der Waals surface area contributed by atoms with Crippen LogP contribution in [0, 0.1) is 6.92 Å². The van der Waals surface area contributed by atoms with Crippen LogP contribution in [0.4, 0.5) is 5.69 Å². The van der Waals surface area contributed by atoms with Gasteiger partial charge in [-0.25, -0.2) is 0 Å². The highest BCUT2D eigenvalue weighted by Gasteiger charge is 2.16. The third kappa shape index (κ3) is 2.76. The van der Waals surface area contributed by atoms with E-state index in [9.17, 15) is 0 Å². The summed E-state index contributed by atoms with van der Waals surface area (Å²) in [6, 6.07) is 8.39. The number of aromatic nitrogens is 3. The van der Waals surface area contributed by atoms with E-state index in [4.69, 9.17) is 0 Å². The smallest absolute Gasteiger partial charge is 0.147 e. The molecule has 1 aromatic carbocycles. The molecule has 0 spiro atoms. The minimum Gasteiger partial charge on any atom is -0.384 e. The quantitative estimate of drug-likeness (QED) is 0.902. The summed E-state index contributed by atoms with van der Waals surface area (Å²) in [6.07, 6.45) is 1.82. The van der Waals surface area contributed by atoms with Crippen LogP contribution in [0.5, 0.6) is 0 Å². The van der Waals surface area contributed by atoms with Gasteiger partial charge in [0.2, 0.25) is 0 Å². The fourth-order valence-corrected chi connectivity index (χ4v) is 2.43. The maximum absolute atomic E-state index is 4.14. The molecule has 0 saturated carbocycles. The molecule has 5 heteroatoms. The predicted molar refractivity (Wildman–Crippen MR) is 75.0 cm³/mol. The Bertz CT molecular complexity index is 548. The van der Waals surface area contributed by atoms with Crippen LogP contribution in [0.2, 0.25) is 0 Å². The Hall–Kier alpha value is -1.88. The highest BCUT2D eigenvalue weighted by atomic mass is 15.3. The monoisotopic (exact) mass is 257 g/mol. The lowest BCUT2D eigenvalue weighted by Gasteiger charge is -2.27. The number of aryl methyl sites for hydroxylation is 1. The van der Waals surface area contributed by atoms with E-state index in [2.05, 4.69) is 56.2 Å². The summed E-state index contributed by atoms with van der Waals surface area (Å²) < 4.78 is 2.13. The molecule has 1 aromatic heterocycles. The van der Waals surface area contributed by atoms with Gasteiger partial charge >= 0.3 is 0 Å². The zero-order valence-corrected chi connectivity index (χ0v) is 11.2. The number of nitrogens with zero attached hydrogens (tertiary/aromatic N) is 4. The van der Waals surface area contributed by atoms with E-state index in [0.717, 1.165) is 38.5 Å². The van der Waals surface area contributed by atoms with Crippen LogP contribution in [0.1, 0.15) is 11.4 Å². The van der Waals surface area contributed by atoms with Gasteiger partial charge in [0.15, 0.2) is 0 Å². The largest absolute Gasteiger partial charge is 0.384 e. The third-order valence-corrected chi connectivity index (χ3v) is 3.61. The first kappa shape index (κ1) is 12.2. The van der Waals surface area contributed by atoms with Gasteiger partial charge in [-0.05, 0) is 18.6 Å². The number of benzene rings is 1. The summed E-state index contributed by atoms with van der Waals surface area (Å²) in [7, 11) is 0. The molecule has 0 aliphatic carbocycles. The molecule has 0 saturated heterocycles. The fourth-order valence-electron chi connectivity index (χ4n) is 2.43. The fraction of sp³-hybridized carbons (Fsp3) is 0.429. The number of hydrogen-bond donors (Lipinski definition) is 1. The number of rotatable bonds is 4. The van der Waals surface area contributed by atoms with Gasteiger partial charge in [0.05, 0.1) is 6.54 Å². The number of hydrogen-bond acceptors (Lipinski definition) is 4. The van der Waals surface area contributed by atoms with Crippen LogP contribution in [0.3, 0.4) is 0 Å². The van der Waals surface area contributed by atoms with Crippen LogP contribution in [-0.2, 0) is 13.1 Å². The first-order chi connectivity index (χ1) is 9.33. The van der Waals surface area contributed by atoms with Gasteiger partial charge in [-0.15, -0.1) is 10.2 Å². The van der Waals surface area contributed by atoms with Crippen molar-refractivity contribution in [2.24, 2.45) is 0 Å². The summed E-state index contributed by atoms with van der Waals surface area (Å²) >= 11 is 0. The molecule has 2 aromatic rings. The first-order valence-corrected chi connectivity index (χ1v) is 6.71. The topological polar surface area (TPSA) is 46.0 Å². The highest BCUT2D eigenvalue weighted by molar-refractivity contribution is 5.50. The second-order valence-electron chi connectivity index (χ2n) is 4.96. The number of para-hydroxylation sites is 1. The van der Waals surface area contributed by atoms with Crippen LogP contribution < -0.4 is 5.32 Å². The summed E-state index contributed by atoms with van der Waals surface area (Å²) in [5.74, 6) is 1.07. The van der Waals surface area contributed by atoms with Crippen molar-refractivity contribution >= 4 is 5.69 Å². The minimum absolute atomic E-state index is 0.898. The van der Waals surface area contributed by atoms with Crippen molar-refractivity contribution in [2.75, 3.05) is 25.0 Å². The normalized spacial score (nSPS) is 15.2. The van der Waals surface area contributed by atoms with E-state index in [1.54, 1.807) is 0 Å². The van der Waals surface area contributed by atoms with Crippen LogP contribution in [-0.4, -0.2) is 39.3 Å². The standard InChI is InChI=1S/C14H19N5/c1-12-4-2-3-5-13(12)15-6-7-18-8-9-19-11-16-17-14(19)10-18/h2-5,11,15H,6-10H2,1H3. The van der Waals surface area contributed by atoms with Crippen LogP contribution >= 0.6 is 0 Å². The summed E-state index contributed by atoms with van der Waals surface area (Å²) in [6.45, 7) is 7.08. The highest BCUT2D eigenvalue weighted by Crippen LogP contribution is 2.13. The van der Waals surface area contributed by atoms with Crippen molar-refractivity contribution < 1.29 is 0 Å². The molecule has 0 amide bonds. The molecule has 1 aliphatic heterocycles. The molecule has 0 radical (unpaired) electrons. The van der Waals surface area contributed by atoms with E-state index in [0.29, 0.717) is 0 Å². The van der Waals surface area contributed by atoms with Crippen molar-refractivity contribution in [1.29, 1.82) is 0 Å². The van der Waals surface area contributed by atoms with E-state index in [1.165, 1.54) is 11.3 Å². The lowest BCUT2D eigenvalue weighted by Crippen LogP contribution is -2.36. The Morgan fingerprint density at radius 1 is 1.26 bits per heavy atom. The Morgan fingerprint density at radius 2 is 2.16 bits per heavy atom. The van der Waals surface area contributed by atoms with Crippen molar-refractivity contribution in [3.8, 4) is 0 Å². The zero-order valence-electron chi connectivity index (χ0n) is 11.2. The Labute approximate surface area is 113 Å². The molecule has 100 valence electrons. The molecule has 19 heavy (non-hydrogen) atoms. The second kappa shape index (κ2) is 5.40. The minimum atomic E-state index is 0.898. The van der Waals surface area contributed by atoms with Gasteiger partial charge in [-0.1, -0.05) is 18.2 Å². The maximum atomic E-state index is 4.14. The summed E-state index contributed by atoms with van der Waals surface area (Å²) in [5, 5.41) is 11.6. The molecule has 1 N–H and O–H groups in total. The molecule has 0 bridgehead atoms. The van der Waals surface area contributed by atoms with E-state index >= 15 is 0 Å². The van der Waals surface area contributed by atoms with Gasteiger partial charge in [-0.2, -0.15) is 0 Å². The van der Waals surface area contributed by atoms with Gasteiger partial charge in [-0.3, -0.25) is 4.90 Å². The molecule has 0 atom stereocenters. The van der Waals surface area contributed by atoms with Crippen LogP contribution in [0.25, 0.3) is 0 Å². The van der Waals surface area contributed by atoms with Crippen molar-refractivity contribution in [2.45, 2.75) is 20.0 Å². The lowest BCUT2D eigenvalue weighted by atomic mass is 10.2. The number of nitrogens with one attached hydrogen (secondary N) is 1. The second-order valence-corrected chi connectivity index (χ2v) is 4.96. The Morgan fingerprint density at radius 3 is 3.05 bits per heavy atom. The Kier molecular flexibility index (Phi) is 3.46. The third-order valence-electron chi connectivity index (χ3n) is 3.61. The van der Waals surface area contributed by atoms with Gasteiger partial charge in [0.1, 0.15) is 12.2 Å². The number of anilines is 1. The average Bonchev–Trinajstić information content (AvgIpc) is 2.88. The molecule has 0 fully saturated rings. The predicted octanol–water partition coefficient (Wildman–Crippen LogP) is 1.51. The molecular weight excluding hydrogens is 238 g/mol. The van der Waals surface area contributed by atoms with Crippen molar-refractivity contribution in [3.05, 3.63) is 42.0 Å². The molecule has 2 heterocycles. The van der Waals surface area contributed by atoms with E-state index < -0.39 is 0 Å². The molecular formula is C14H19N5. The van der Waals surface area contributed by atoms with Gasteiger partial charge < -0.3 is 9.88 Å². The van der Waals surface area contributed by atoms with E-state index in [-0.39, 0.29) is 0 Å². The van der Waals surface area contributed by atoms with Crippen molar-refractivity contribution in [1.82, 2.24) is 19.7 Å². The molecule has 0 unspecified atom stereocenters. The molecule has 5 nitrogen and oxygen atoms in total. The summed E-state index contributed by atoms with van der Waals surface area (Å²) in [5.41, 5.74) is 2.52. The van der Waals surface area contributed by atoms with Crippen molar-refractivity contribution in [3.63, 3.8) is 0 Å². The number of fused-ring (bicyclic) bond motifs is 1.